The van der Waals surface area contributed by atoms with E-state index in [1.54, 1.807) is 19.1 Å². The molecule has 4 aromatic rings. The van der Waals surface area contributed by atoms with E-state index >= 15 is 0 Å². The fourth-order valence-corrected chi connectivity index (χ4v) is 5.34. The number of rotatable bonds is 11. The van der Waals surface area contributed by atoms with Gasteiger partial charge in [0.05, 0.1) is 18.2 Å². The summed E-state index contributed by atoms with van der Waals surface area (Å²) in [7, 11) is 3.29. The fraction of sp³-hybridized carbons (Fsp3) is 0.353. The second kappa shape index (κ2) is 13.4. The topological polar surface area (TPSA) is 69.6 Å². The number of hydrogen-bond acceptors (Lipinski definition) is 4. The van der Waals surface area contributed by atoms with Crippen LogP contribution < -0.4 is 10.1 Å². The predicted octanol–water partition coefficient (Wildman–Crippen LogP) is 7.64. The molecule has 3 aromatic carbocycles. The highest BCUT2D eigenvalue weighted by molar-refractivity contribution is 6.32. The molecule has 1 N–H and O–H groups in total. The minimum Gasteiger partial charge on any atom is -0.477 e. The van der Waals surface area contributed by atoms with Crippen molar-refractivity contribution in [3.63, 3.8) is 0 Å². The Morgan fingerprint density at radius 1 is 1.05 bits per heavy atom. The van der Waals surface area contributed by atoms with Crippen LogP contribution in [0, 0.1) is 12.7 Å². The first-order valence-corrected chi connectivity index (χ1v) is 14.6. The maximum Gasteiger partial charge on any atom is 0.346 e. The number of benzene rings is 3. The quantitative estimate of drug-likeness (QED) is 0.182. The monoisotopic (exact) mass is 592 g/mol. The predicted molar refractivity (Wildman–Crippen MR) is 165 cm³/mol. The molecule has 2 atom stereocenters. The molecule has 0 fully saturated rings. The maximum atomic E-state index is 14.3. The van der Waals surface area contributed by atoms with Crippen LogP contribution >= 0.6 is 11.6 Å². The Kier molecular flexibility index (Phi) is 9.94. The molecule has 0 unspecified atom stereocenters. The van der Waals surface area contributed by atoms with Gasteiger partial charge in [0.2, 0.25) is 0 Å². The summed E-state index contributed by atoms with van der Waals surface area (Å²) in [4.78, 5) is 25.1. The molecule has 0 radical (unpaired) electrons. The van der Waals surface area contributed by atoms with Gasteiger partial charge in [-0.05, 0) is 98.7 Å². The van der Waals surface area contributed by atoms with Crippen molar-refractivity contribution in [2.75, 3.05) is 7.11 Å². The Morgan fingerprint density at radius 3 is 2.52 bits per heavy atom. The van der Waals surface area contributed by atoms with Crippen LogP contribution in [-0.2, 0) is 29.4 Å². The number of aromatic nitrogens is 1. The number of nitrogens with one attached hydrogen (secondary N) is 1. The first kappa shape index (κ1) is 31.1. The van der Waals surface area contributed by atoms with Crippen LogP contribution in [0.5, 0.6) is 5.75 Å². The number of methoxy groups -OCH3 is 1. The minimum atomic E-state index is -0.793. The lowest BCUT2D eigenvalue weighted by molar-refractivity contribution is -0.147. The first-order chi connectivity index (χ1) is 20.0. The first-order valence-electron chi connectivity index (χ1n) is 14.2. The molecule has 6 nitrogen and oxygen atoms in total. The second-order valence-electron chi connectivity index (χ2n) is 10.8. The Balaban J connectivity index is 1.56. The Morgan fingerprint density at radius 2 is 1.81 bits per heavy atom. The molecule has 42 heavy (non-hydrogen) atoms. The lowest BCUT2D eigenvalue weighted by atomic mass is 10.00. The lowest BCUT2D eigenvalue weighted by Gasteiger charge is -2.16. The van der Waals surface area contributed by atoms with E-state index in [9.17, 15) is 14.0 Å². The normalized spacial score (nSPS) is 12.7. The van der Waals surface area contributed by atoms with Gasteiger partial charge in [0.1, 0.15) is 11.6 Å². The van der Waals surface area contributed by atoms with E-state index in [2.05, 4.69) is 16.8 Å². The highest BCUT2D eigenvalue weighted by atomic mass is 35.5. The number of aryl methyl sites for hydroxylation is 2. The summed E-state index contributed by atoms with van der Waals surface area (Å²) in [6.07, 6.45) is 2.64. The summed E-state index contributed by atoms with van der Waals surface area (Å²) in [6, 6.07) is 15.9. The third-order valence-electron chi connectivity index (χ3n) is 7.75. The van der Waals surface area contributed by atoms with Gasteiger partial charge in [0.25, 0.3) is 5.91 Å². The molecule has 8 heteroatoms. The standard InChI is InChI=1S/C34H38ClFN2O4/c1-7-8-9-23-14-26(18-27(36)15-23)20(2)37-33(39)25-11-12-28-29(21(3)38(5)31(28)19-25)16-24-10-13-30(35)32(17-24)42-22(4)34(40)41-6/h10-15,17-20,22H,7-9,16H2,1-6H3,(H,37,39)/t20-,22-/m0/s1. The van der Waals surface area contributed by atoms with Crippen LogP contribution in [0.25, 0.3) is 10.9 Å². The Bertz CT molecular complexity index is 1610. The molecule has 1 heterocycles. The van der Waals surface area contributed by atoms with E-state index in [-0.39, 0.29) is 17.8 Å². The van der Waals surface area contributed by atoms with Crippen molar-refractivity contribution < 1.29 is 23.5 Å². The smallest absolute Gasteiger partial charge is 0.346 e. The zero-order chi connectivity index (χ0) is 30.6. The van der Waals surface area contributed by atoms with Crippen molar-refractivity contribution in [1.82, 2.24) is 9.88 Å². The van der Waals surface area contributed by atoms with E-state index < -0.39 is 12.1 Å². The van der Waals surface area contributed by atoms with Gasteiger partial charge in [0.15, 0.2) is 6.10 Å². The molecule has 0 spiro atoms. The van der Waals surface area contributed by atoms with E-state index in [0.717, 1.165) is 58.1 Å². The highest BCUT2D eigenvalue weighted by Gasteiger charge is 2.20. The fourth-order valence-electron chi connectivity index (χ4n) is 5.18. The van der Waals surface area contributed by atoms with E-state index in [4.69, 9.17) is 21.1 Å². The van der Waals surface area contributed by atoms with Crippen molar-refractivity contribution in [3.8, 4) is 5.75 Å². The van der Waals surface area contributed by atoms with Crippen LogP contribution in [-0.4, -0.2) is 29.7 Å². The third-order valence-corrected chi connectivity index (χ3v) is 8.06. The molecular weight excluding hydrogens is 555 g/mol. The summed E-state index contributed by atoms with van der Waals surface area (Å²) < 4.78 is 26.9. The van der Waals surface area contributed by atoms with Crippen LogP contribution in [0.1, 0.15) is 78.0 Å². The number of carbonyl (C=O) groups excluding carboxylic acids is 2. The van der Waals surface area contributed by atoms with E-state index in [1.807, 2.05) is 57.3 Å². The lowest BCUT2D eigenvalue weighted by Crippen LogP contribution is -2.26. The summed E-state index contributed by atoms with van der Waals surface area (Å²) in [6.45, 7) is 7.64. The number of fused-ring (bicyclic) bond motifs is 1. The summed E-state index contributed by atoms with van der Waals surface area (Å²) >= 11 is 6.34. The van der Waals surface area contributed by atoms with Gasteiger partial charge in [0, 0.05) is 29.2 Å². The molecule has 0 saturated heterocycles. The zero-order valence-corrected chi connectivity index (χ0v) is 25.8. The SMILES string of the molecule is CCCCc1cc(F)cc([C@H](C)NC(=O)c2ccc3c(Cc4ccc(Cl)c(O[C@@H](C)C(=O)OC)c4)c(C)n(C)c3c2)c1. The average molecular weight is 593 g/mol. The minimum absolute atomic E-state index is 0.219. The molecule has 0 bridgehead atoms. The number of nitrogens with zero attached hydrogens (tertiary/aromatic N) is 1. The van der Waals surface area contributed by atoms with Crippen LogP contribution in [0.4, 0.5) is 4.39 Å². The molecule has 222 valence electrons. The molecule has 0 aliphatic heterocycles. The molecular formula is C34H38ClFN2O4. The maximum absolute atomic E-state index is 14.3. The Labute approximate surface area is 251 Å². The molecule has 0 aliphatic rings. The third kappa shape index (κ3) is 6.96. The number of halogens is 2. The van der Waals surface area contributed by atoms with Gasteiger partial charge in [-0.25, -0.2) is 9.18 Å². The van der Waals surface area contributed by atoms with Gasteiger partial charge in [-0.3, -0.25) is 4.79 Å². The second-order valence-corrected chi connectivity index (χ2v) is 11.2. The summed E-state index contributed by atoms with van der Waals surface area (Å²) in [5.74, 6) is -0.578. The Hall–Kier alpha value is -3.84. The van der Waals surface area contributed by atoms with Gasteiger partial charge >= 0.3 is 5.97 Å². The van der Waals surface area contributed by atoms with Gasteiger partial charge in [-0.15, -0.1) is 0 Å². The van der Waals surface area contributed by atoms with E-state index in [0.29, 0.717) is 22.8 Å². The van der Waals surface area contributed by atoms with Gasteiger partial charge < -0.3 is 19.4 Å². The van der Waals surface area contributed by atoms with Crippen molar-refractivity contribution in [3.05, 3.63) is 98.9 Å². The average Bonchev–Trinajstić information content (AvgIpc) is 3.20. The summed E-state index contributed by atoms with van der Waals surface area (Å²) in [5.41, 5.74) is 6.30. The molecule has 1 aromatic heterocycles. The van der Waals surface area contributed by atoms with Crippen molar-refractivity contribution >= 4 is 34.4 Å². The van der Waals surface area contributed by atoms with Gasteiger partial charge in [-0.1, -0.05) is 43.1 Å². The summed E-state index contributed by atoms with van der Waals surface area (Å²) in [5, 5.41) is 4.47. The number of ether oxygens (including phenoxy) is 2. The van der Waals surface area contributed by atoms with Crippen molar-refractivity contribution in [1.29, 1.82) is 0 Å². The molecule has 1 amide bonds. The van der Waals surface area contributed by atoms with E-state index in [1.165, 1.54) is 13.2 Å². The van der Waals surface area contributed by atoms with Gasteiger partial charge in [-0.2, -0.15) is 0 Å². The number of hydrogen-bond donors (Lipinski definition) is 1. The molecule has 4 rings (SSSR count). The number of esters is 1. The van der Waals surface area contributed by atoms with Crippen LogP contribution in [0.2, 0.25) is 5.02 Å². The van der Waals surface area contributed by atoms with Crippen molar-refractivity contribution in [2.24, 2.45) is 7.05 Å². The van der Waals surface area contributed by atoms with Crippen LogP contribution in [0.3, 0.4) is 0 Å². The van der Waals surface area contributed by atoms with Crippen molar-refractivity contribution in [2.45, 2.75) is 65.5 Å². The zero-order valence-electron chi connectivity index (χ0n) is 25.0. The molecule has 0 saturated carbocycles. The number of unbranched alkanes of at least 4 members (excludes halogenated alkanes) is 1. The molecule has 0 aliphatic carbocycles. The largest absolute Gasteiger partial charge is 0.477 e. The highest BCUT2D eigenvalue weighted by Crippen LogP contribution is 2.32. The number of carbonyl (C=O) groups is 2. The number of amides is 1. The van der Waals surface area contributed by atoms with Crippen LogP contribution in [0.15, 0.2) is 54.6 Å².